The number of nitrogens with zero attached hydrogens (tertiary/aromatic N) is 2. The molecular weight excluding hydrogens is 212 g/mol. The summed E-state index contributed by atoms with van der Waals surface area (Å²) in [5.41, 5.74) is 0. The Labute approximate surface area is 82.9 Å². The molecule has 2 rings (SSSR count). The minimum absolute atomic E-state index is 0.576. The van der Waals surface area contributed by atoms with Crippen LogP contribution in [-0.4, -0.2) is 9.97 Å². The lowest BCUT2D eigenvalue weighted by molar-refractivity contribution is 1.10. The van der Waals surface area contributed by atoms with Crippen LogP contribution in [0.2, 0.25) is 5.15 Å². The van der Waals surface area contributed by atoms with E-state index in [9.17, 15) is 0 Å². The minimum atomic E-state index is 0.576. The van der Waals surface area contributed by atoms with Crippen LogP contribution in [0.25, 0.3) is 0 Å². The Morgan fingerprint density at radius 1 is 1.33 bits per heavy atom. The standard InChI is InChI=1S/C7H5ClN2S2/c8-5-4-12-7(10-5)3-6-9-1-2-11-6/h1-2,4H,3H2. The maximum absolute atomic E-state index is 5.68. The summed E-state index contributed by atoms with van der Waals surface area (Å²) in [6.45, 7) is 0. The molecule has 0 amide bonds. The second-order valence-electron chi connectivity index (χ2n) is 2.17. The summed E-state index contributed by atoms with van der Waals surface area (Å²) in [6.07, 6.45) is 2.60. The Morgan fingerprint density at radius 2 is 2.25 bits per heavy atom. The van der Waals surface area contributed by atoms with E-state index in [1.807, 2.05) is 10.8 Å². The Balaban J connectivity index is 2.14. The zero-order chi connectivity index (χ0) is 8.39. The minimum Gasteiger partial charge on any atom is -0.249 e. The highest BCUT2D eigenvalue weighted by Gasteiger charge is 2.02. The van der Waals surface area contributed by atoms with Crippen LogP contribution >= 0.6 is 34.3 Å². The molecule has 0 saturated heterocycles. The van der Waals surface area contributed by atoms with Crippen LogP contribution in [0.15, 0.2) is 17.0 Å². The third kappa shape index (κ3) is 1.83. The van der Waals surface area contributed by atoms with Gasteiger partial charge in [-0.15, -0.1) is 22.7 Å². The van der Waals surface area contributed by atoms with Crippen molar-refractivity contribution in [3.8, 4) is 0 Å². The average molecular weight is 217 g/mol. The monoisotopic (exact) mass is 216 g/mol. The van der Waals surface area contributed by atoms with Crippen molar-refractivity contribution in [3.05, 3.63) is 32.1 Å². The summed E-state index contributed by atoms with van der Waals surface area (Å²) in [7, 11) is 0. The molecule has 2 aromatic rings. The lowest BCUT2D eigenvalue weighted by Crippen LogP contribution is -1.84. The predicted molar refractivity (Wildman–Crippen MR) is 52.0 cm³/mol. The Bertz CT molecular complexity index is 355. The Morgan fingerprint density at radius 3 is 2.83 bits per heavy atom. The maximum atomic E-state index is 5.68. The first-order valence-electron chi connectivity index (χ1n) is 3.33. The van der Waals surface area contributed by atoms with Crippen LogP contribution in [0.4, 0.5) is 0 Å². The van der Waals surface area contributed by atoms with E-state index in [4.69, 9.17) is 11.6 Å². The normalized spacial score (nSPS) is 10.4. The van der Waals surface area contributed by atoms with Crippen LogP contribution in [0, 0.1) is 0 Å². The number of hydrogen-bond acceptors (Lipinski definition) is 4. The fraction of sp³-hybridized carbons (Fsp3) is 0.143. The van der Waals surface area contributed by atoms with Crippen molar-refractivity contribution in [1.29, 1.82) is 0 Å². The second kappa shape index (κ2) is 3.51. The van der Waals surface area contributed by atoms with Crippen LogP contribution in [0.1, 0.15) is 10.0 Å². The van der Waals surface area contributed by atoms with Crippen LogP contribution in [0.5, 0.6) is 0 Å². The third-order valence-corrected chi connectivity index (χ3v) is 3.26. The van der Waals surface area contributed by atoms with E-state index in [1.54, 1.807) is 28.9 Å². The van der Waals surface area contributed by atoms with Crippen molar-refractivity contribution < 1.29 is 0 Å². The molecule has 0 aliphatic heterocycles. The Hall–Kier alpha value is -0.450. The average Bonchev–Trinajstić information content (AvgIpc) is 2.63. The van der Waals surface area contributed by atoms with E-state index < -0.39 is 0 Å². The molecule has 0 fully saturated rings. The van der Waals surface area contributed by atoms with Gasteiger partial charge in [0.2, 0.25) is 0 Å². The van der Waals surface area contributed by atoms with E-state index in [1.165, 1.54) is 0 Å². The topological polar surface area (TPSA) is 25.8 Å². The summed E-state index contributed by atoms with van der Waals surface area (Å²) in [4.78, 5) is 8.30. The van der Waals surface area contributed by atoms with Gasteiger partial charge >= 0.3 is 0 Å². The molecule has 0 aromatic carbocycles. The fourth-order valence-electron chi connectivity index (χ4n) is 0.839. The molecular formula is C7H5ClN2S2. The van der Waals surface area contributed by atoms with Crippen molar-refractivity contribution >= 4 is 34.3 Å². The third-order valence-electron chi connectivity index (χ3n) is 1.31. The van der Waals surface area contributed by atoms with Crippen molar-refractivity contribution in [2.75, 3.05) is 0 Å². The van der Waals surface area contributed by atoms with Gasteiger partial charge in [-0.3, -0.25) is 0 Å². The van der Waals surface area contributed by atoms with Gasteiger partial charge in [0.05, 0.1) is 11.4 Å². The quantitative estimate of drug-likeness (QED) is 0.772. The molecule has 0 atom stereocenters. The number of thiazole rings is 2. The van der Waals surface area contributed by atoms with Gasteiger partial charge in [-0.1, -0.05) is 11.6 Å². The van der Waals surface area contributed by atoms with E-state index in [2.05, 4.69) is 9.97 Å². The SMILES string of the molecule is Clc1csc(Cc2nccs2)n1. The lowest BCUT2D eigenvalue weighted by Gasteiger charge is -1.87. The van der Waals surface area contributed by atoms with E-state index >= 15 is 0 Å². The highest BCUT2D eigenvalue weighted by atomic mass is 35.5. The van der Waals surface area contributed by atoms with Gasteiger partial charge in [0, 0.05) is 17.0 Å². The van der Waals surface area contributed by atoms with Crippen molar-refractivity contribution in [3.63, 3.8) is 0 Å². The van der Waals surface area contributed by atoms with Crippen molar-refractivity contribution in [2.45, 2.75) is 6.42 Å². The molecule has 2 aromatic heterocycles. The number of rotatable bonds is 2. The highest BCUT2D eigenvalue weighted by Crippen LogP contribution is 2.18. The summed E-state index contributed by atoms with van der Waals surface area (Å²) in [6, 6.07) is 0. The first-order valence-corrected chi connectivity index (χ1v) is 5.46. The number of halogens is 1. The molecule has 12 heavy (non-hydrogen) atoms. The Kier molecular flexibility index (Phi) is 2.39. The molecule has 2 nitrogen and oxygen atoms in total. The number of hydrogen-bond donors (Lipinski definition) is 0. The van der Waals surface area contributed by atoms with E-state index in [0.717, 1.165) is 16.4 Å². The molecule has 0 saturated carbocycles. The first-order chi connectivity index (χ1) is 5.84. The zero-order valence-corrected chi connectivity index (χ0v) is 8.42. The van der Waals surface area contributed by atoms with Crippen molar-refractivity contribution in [1.82, 2.24) is 9.97 Å². The number of aromatic nitrogens is 2. The molecule has 5 heteroatoms. The highest BCUT2D eigenvalue weighted by molar-refractivity contribution is 7.11. The smallest absolute Gasteiger partial charge is 0.140 e. The first kappa shape index (κ1) is 8.16. The molecule has 2 heterocycles. The molecule has 62 valence electrons. The molecule has 0 N–H and O–H groups in total. The molecule has 0 radical (unpaired) electrons. The van der Waals surface area contributed by atoms with Gasteiger partial charge in [0.15, 0.2) is 0 Å². The second-order valence-corrected chi connectivity index (χ2v) is 4.48. The summed E-state index contributed by atoms with van der Waals surface area (Å²) >= 11 is 8.89. The molecule has 0 bridgehead atoms. The summed E-state index contributed by atoms with van der Waals surface area (Å²) in [5, 5.41) is 6.48. The molecule has 0 aliphatic carbocycles. The summed E-state index contributed by atoms with van der Waals surface area (Å²) < 4.78 is 0. The van der Waals surface area contributed by atoms with Crippen LogP contribution < -0.4 is 0 Å². The van der Waals surface area contributed by atoms with Gasteiger partial charge in [-0.2, -0.15) is 0 Å². The maximum Gasteiger partial charge on any atom is 0.140 e. The largest absolute Gasteiger partial charge is 0.249 e. The van der Waals surface area contributed by atoms with Crippen LogP contribution in [0.3, 0.4) is 0 Å². The molecule has 0 aliphatic rings. The van der Waals surface area contributed by atoms with Gasteiger partial charge in [-0.05, 0) is 0 Å². The lowest BCUT2D eigenvalue weighted by atomic mass is 10.5. The zero-order valence-electron chi connectivity index (χ0n) is 6.03. The molecule has 0 unspecified atom stereocenters. The van der Waals surface area contributed by atoms with Crippen molar-refractivity contribution in [2.24, 2.45) is 0 Å². The van der Waals surface area contributed by atoms with E-state index in [-0.39, 0.29) is 0 Å². The summed E-state index contributed by atoms with van der Waals surface area (Å²) in [5.74, 6) is 0. The van der Waals surface area contributed by atoms with Gasteiger partial charge < -0.3 is 0 Å². The van der Waals surface area contributed by atoms with Crippen LogP contribution in [-0.2, 0) is 6.42 Å². The van der Waals surface area contributed by atoms with Gasteiger partial charge in [0.1, 0.15) is 10.2 Å². The fourth-order valence-corrected chi connectivity index (χ4v) is 2.49. The van der Waals surface area contributed by atoms with E-state index in [0.29, 0.717) is 5.15 Å². The van der Waals surface area contributed by atoms with Gasteiger partial charge in [0.25, 0.3) is 0 Å². The predicted octanol–water partition coefficient (Wildman–Crippen LogP) is 2.84. The van der Waals surface area contributed by atoms with Gasteiger partial charge in [-0.25, -0.2) is 9.97 Å². The molecule has 0 spiro atoms.